The molecule has 0 aliphatic heterocycles. The lowest BCUT2D eigenvalue weighted by atomic mass is 9.81. The van der Waals surface area contributed by atoms with E-state index in [9.17, 15) is 4.79 Å². The first kappa shape index (κ1) is 16.2. The molecule has 0 bridgehead atoms. The third kappa shape index (κ3) is 3.17. The highest BCUT2D eigenvalue weighted by Gasteiger charge is 2.33. The molecule has 2 aromatic rings. The van der Waals surface area contributed by atoms with Crippen molar-refractivity contribution < 1.29 is 4.79 Å². The predicted octanol–water partition coefficient (Wildman–Crippen LogP) is 1.65. The summed E-state index contributed by atoms with van der Waals surface area (Å²) in [6.07, 6.45) is 3.08. The molecule has 22 heavy (non-hydrogen) atoms. The zero-order valence-electron chi connectivity index (χ0n) is 13.1. The second kappa shape index (κ2) is 7.17. The van der Waals surface area contributed by atoms with Crippen molar-refractivity contribution >= 4 is 5.91 Å². The molecule has 0 saturated carbocycles. The number of carbonyl (C=O) groups is 1. The Labute approximate surface area is 130 Å². The lowest BCUT2D eigenvalue weighted by Crippen LogP contribution is -2.45. The van der Waals surface area contributed by atoms with E-state index in [2.05, 4.69) is 15.5 Å². The maximum atomic E-state index is 12.5. The zero-order chi connectivity index (χ0) is 16.0. The molecule has 0 atom stereocenters. The molecular weight excluding hydrogens is 278 g/mol. The number of aromatic nitrogens is 3. The number of amides is 1. The highest BCUT2D eigenvalue weighted by molar-refractivity contribution is 5.82. The predicted molar refractivity (Wildman–Crippen MR) is 85.3 cm³/mol. The fourth-order valence-corrected chi connectivity index (χ4v) is 2.48. The molecule has 0 fully saturated rings. The molecule has 3 N–H and O–H groups in total. The molecule has 1 aromatic heterocycles. The molecule has 0 aliphatic carbocycles. The Hall–Kier alpha value is -2.21. The van der Waals surface area contributed by atoms with Crippen LogP contribution in [0.25, 0.3) is 5.69 Å². The topological polar surface area (TPSA) is 85.8 Å². The van der Waals surface area contributed by atoms with E-state index in [-0.39, 0.29) is 5.91 Å². The summed E-state index contributed by atoms with van der Waals surface area (Å²) in [4.78, 5) is 12.5. The van der Waals surface area contributed by atoms with Crippen molar-refractivity contribution in [2.45, 2.75) is 33.2 Å². The van der Waals surface area contributed by atoms with Crippen LogP contribution in [0.4, 0.5) is 0 Å². The van der Waals surface area contributed by atoms with Gasteiger partial charge in [0.25, 0.3) is 0 Å². The highest BCUT2D eigenvalue weighted by Crippen LogP contribution is 2.25. The van der Waals surface area contributed by atoms with Gasteiger partial charge in [0.2, 0.25) is 5.91 Å². The third-order valence-corrected chi connectivity index (χ3v) is 4.29. The Morgan fingerprint density at radius 1 is 1.27 bits per heavy atom. The van der Waals surface area contributed by atoms with Gasteiger partial charge in [0.1, 0.15) is 6.33 Å². The SMILES string of the molecule is CCC(CC)(CN)C(=O)NCc1nncn1-c1ccccc1. The number of hydrogen-bond donors (Lipinski definition) is 2. The Morgan fingerprint density at radius 2 is 1.95 bits per heavy atom. The molecule has 1 aromatic carbocycles. The zero-order valence-corrected chi connectivity index (χ0v) is 13.1. The van der Waals surface area contributed by atoms with Gasteiger partial charge in [-0.05, 0) is 25.0 Å². The number of nitrogens with two attached hydrogens (primary N) is 1. The van der Waals surface area contributed by atoms with Crippen molar-refractivity contribution in [1.82, 2.24) is 20.1 Å². The molecule has 0 aliphatic rings. The van der Waals surface area contributed by atoms with Gasteiger partial charge in [-0.25, -0.2) is 0 Å². The minimum Gasteiger partial charge on any atom is -0.348 e. The molecule has 118 valence electrons. The van der Waals surface area contributed by atoms with E-state index >= 15 is 0 Å². The summed E-state index contributed by atoms with van der Waals surface area (Å²) in [6.45, 7) is 4.65. The van der Waals surface area contributed by atoms with Crippen molar-refractivity contribution in [3.05, 3.63) is 42.5 Å². The minimum atomic E-state index is -0.502. The van der Waals surface area contributed by atoms with Crippen LogP contribution in [0.5, 0.6) is 0 Å². The first-order valence-electron chi connectivity index (χ1n) is 7.59. The van der Waals surface area contributed by atoms with Crippen LogP contribution in [0.15, 0.2) is 36.7 Å². The quantitative estimate of drug-likeness (QED) is 0.814. The van der Waals surface area contributed by atoms with Gasteiger partial charge < -0.3 is 11.1 Å². The summed E-state index contributed by atoms with van der Waals surface area (Å²) in [5.41, 5.74) is 6.27. The van der Waals surface area contributed by atoms with Crippen molar-refractivity contribution in [3.8, 4) is 5.69 Å². The monoisotopic (exact) mass is 301 g/mol. The van der Waals surface area contributed by atoms with Gasteiger partial charge in [0.15, 0.2) is 5.82 Å². The Kier molecular flexibility index (Phi) is 5.27. The third-order valence-electron chi connectivity index (χ3n) is 4.29. The molecule has 6 nitrogen and oxygen atoms in total. The van der Waals surface area contributed by atoms with Crippen molar-refractivity contribution in [2.75, 3.05) is 6.54 Å². The molecule has 2 rings (SSSR count). The van der Waals surface area contributed by atoms with E-state index in [0.29, 0.717) is 18.9 Å². The average molecular weight is 301 g/mol. The lowest BCUT2D eigenvalue weighted by Gasteiger charge is -2.28. The first-order valence-corrected chi connectivity index (χ1v) is 7.59. The molecular formula is C16H23N5O. The number of hydrogen-bond acceptors (Lipinski definition) is 4. The number of para-hydroxylation sites is 1. The van der Waals surface area contributed by atoms with E-state index < -0.39 is 5.41 Å². The number of rotatable bonds is 7. The van der Waals surface area contributed by atoms with Gasteiger partial charge in [-0.1, -0.05) is 32.0 Å². The summed E-state index contributed by atoms with van der Waals surface area (Å²) in [5, 5.41) is 11.0. The Morgan fingerprint density at radius 3 is 2.55 bits per heavy atom. The molecule has 0 spiro atoms. The highest BCUT2D eigenvalue weighted by atomic mass is 16.2. The van der Waals surface area contributed by atoms with Crippen molar-refractivity contribution in [1.29, 1.82) is 0 Å². The molecule has 1 heterocycles. The standard InChI is InChI=1S/C16H23N5O/c1-3-16(4-2,11-17)15(22)18-10-14-20-19-12-21(14)13-8-6-5-7-9-13/h5-9,12H,3-4,10-11,17H2,1-2H3,(H,18,22). The van der Waals surface area contributed by atoms with Crippen LogP contribution >= 0.6 is 0 Å². The second-order valence-electron chi connectivity index (χ2n) is 5.33. The van der Waals surface area contributed by atoms with E-state index in [1.54, 1.807) is 6.33 Å². The number of nitrogens with one attached hydrogen (secondary N) is 1. The fraction of sp³-hybridized carbons (Fsp3) is 0.438. The van der Waals surface area contributed by atoms with E-state index in [1.807, 2.05) is 48.7 Å². The van der Waals surface area contributed by atoms with Crippen LogP contribution in [0.3, 0.4) is 0 Å². The molecule has 6 heteroatoms. The average Bonchev–Trinajstić information content (AvgIpc) is 3.04. The number of nitrogens with zero attached hydrogens (tertiary/aromatic N) is 3. The van der Waals surface area contributed by atoms with Gasteiger partial charge in [0.05, 0.1) is 12.0 Å². The van der Waals surface area contributed by atoms with Crippen LogP contribution in [-0.2, 0) is 11.3 Å². The normalized spacial score (nSPS) is 11.4. The van der Waals surface area contributed by atoms with Crippen LogP contribution in [0, 0.1) is 5.41 Å². The Balaban J connectivity index is 2.10. The van der Waals surface area contributed by atoms with Gasteiger partial charge in [-0.2, -0.15) is 0 Å². The summed E-state index contributed by atoms with van der Waals surface area (Å²) >= 11 is 0. The van der Waals surface area contributed by atoms with E-state index in [1.165, 1.54) is 0 Å². The largest absolute Gasteiger partial charge is 0.348 e. The fourth-order valence-electron chi connectivity index (χ4n) is 2.48. The van der Waals surface area contributed by atoms with Gasteiger partial charge in [-0.3, -0.25) is 9.36 Å². The number of benzene rings is 1. The van der Waals surface area contributed by atoms with Gasteiger partial charge in [-0.15, -0.1) is 10.2 Å². The van der Waals surface area contributed by atoms with Crippen LogP contribution in [-0.4, -0.2) is 27.2 Å². The Bertz CT molecular complexity index is 596. The molecule has 1 amide bonds. The summed E-state index contributed by atoms with van der Waals surface area (Å²) in [5.74, 6) is 0.667. The van der Waals surface area contributed by atoms with Crippen LogP contribution in [0.1, 0.15) is 32.5 Å². The lowest BCUT2D eigenvalue weighted by molar-refractivity contribution is -0.131. The minimum absolute atomic E-state index is 0.0254. The van der Waals surface area contributed by atoms with Crippen molar-refractivity contribution in [3.63, 3.8) is 0 Å². The smallest absolute Gasteiger partial charge is 0.227 e. The maximum absolute atomic E-state index is 12.5. The molecule has 0 unspecified atom stereocenters. The first-order chi connectivity index (χ1) is 10.7. The van der Waals surface area contributed by atoms with Crippen molar-refractivity contribution in [2.24, 2.45) is 11.1 Å². The maximum Gasteiger partial charge on any atom is 0.227 e. The van der Waals surface area contributed by atoms with E-state index in [4.69, 9.17) is 5.73 Å². The summed E-state index contributed by atoms with van der Waals surface area (Å²) in [6, 6.07) is 9.79. The van der Waals surface area contributed by atoms with Crippen LogP contribution in [0.2, 0.25) is 0 Å². The van der Waals surface area contributed by atoms with Gasteiger partial charge in [0, 0.05) is 12.2 Å². The van der Waals surface area contributed by atoms with E-state index in [0.717, 1.165) is 18.5 Å². The summed E-state index contributed by atoms with van der Waals surface area (Å²) < 4.78 is 1.86. The molecule has 0 radical (unpaired) electrons. The van der Waals surface area contributed by atoms with Gasteiger partial charge >= 0.3 is 0 Å². The second-order valence-corrected chi connectivity index (χ2v) is 5.33. The van der Waals surface area contributed by atoms with Crippen LogP contribution < -0.4 is 11.1 Å². The number of carbonyl (C=O) groups excluding carboxylic acids is 1. The molecule has 0 saturated heterocycles. The summed E-state index contributed by atoms with van der Waals surface area (Å²) in [7, 11) is 0.